The number of anilines is 2. The quantitative estimate of drug-likeness (QED) is 0.140. The van der Waals surface area contributed by atoms with Crippen molar-refractivity contribution in [2.45, 2.75) is 32.4 Å². The minimum atomic E-state index is -0.413. The van der Waals surface area contributed by atoms with E-state index in [0.717, 1.165) is 30.2 Å². The Labute approximate surface area is 249 Å². The van der Waals surface area contributed by atoms with Gasteiger partial charge in [0.25, 0.3) is 5.69 Å². The summed E-state index contributed by atoms with van der Waals surface area (Å²) in [6.45, 7) is 6.52. The molecule has 0 amide bonds. The maximum absolute atomic E-state index is 11.3. The van der Waals surface area contributed by atoms with Gasteiger partial charge < -0.3 is 19.5 Å². The SMILES string of the molecule is C[C@@H]1C[C@H](C)CN(c2ccc(N3C(=S)N[C@@H](c4ccccn4)[C@@H]3c3ccc(-c4cccc([N+](=O)[O-])c4)o3)cc2Cl)C1. The molecule has 0 aliphatic carbocycles. The number of aromatic nitrogens is 1. The lowest BCUT2D eigenvalue weighted by Crippen LogP contribution is -2.38. The number of pyridine rings is 1. The summed E-state index contributed by atoms with van der Waals surface area (Å²) in [5.74, 6) is 2.39. The Morgan fingerprint density at radius 3 is 2.56 bits per heavy atom. The standard InChI is InChI=1S/C31H30ClN5O3S/c1-19-14-20(2)18-35(17-19)26-10-9-22(16-24(26)32)36-30(29(34-31(36)41)25-8-3-4-13-33-25)28-12-11-27(40-28)21-6-5-7-23(15-21)37(38)39/h3-13,15-16,19-20,29-30H,14,17-18H2,1-2H3,(H,34,41)/t19-,20+,29-,30-/m0/s1. The van der Waals surface area contributed by atoms with Gasteiger partial charge in [0, 0.05) is 42.7 Å². The van der Waals surface area contributed by atoms with Crippen molar-refractivity contribution in [1.82, 2.24) is 10.3 Å². The van der Waals surface area contributed by atoms with E-state index in [1.165, 1.54) is 18.6 Å². The monoisotopic (exact) mass is 587 g/mol. The number of nitrogens with zero attached hydrogens (tertiary/aromatic N) is 4. The molecule has 0 radical (unpaired) electrons. The number of furan rings is 1. The predicted octanol–water partition coefficient (Wildman–Crippen LogP) is 7.56. The van der Waals surface area contributed by atoms with Gasteiger partial charge in [0.2, 0.25) is 0 Å². The predicted molar refractivity (Wildman–Crippen MR) is 165 cm³/mol. The Morgan fingerprint density at radius 1 is 1.05 bits per heavy atom. The number of hydrogen-bond acceptors (Lipinski definition) is 6. The van der Waals surface area contributed by atoms with Crippen LogP contribution in [0.2, 0.25) is 5.02 Å². The van der Waals surface area contributed by atoms with Crippen LogP contribution in [0, 0.1) is 22.0 Å². The highest BCUT2D eigenvalue weighted by atomic mass is 35.5. The van der Waals surface area contributed by atoms with E-state index in [-0.39, 0.29) is 17.8 Å². The molecule has 2 aliphatic rings. The average molecular weight is 588 g/mol. The second-order valence-corrected chi connectivity index (χ2v) is 11.8. The zero-order chi connectivity index (χ0) is 28.7. The van der Waals surface area contributed by atoms with Crippen LogP contribution in [0.4, 0.5) is 17.1 Å². The molecular weight excluding hydrogens is 558 g/mol. The molecule has 0 saturated carbocycles. The van der Waals surface area contributed by atoms with Gasteiger partial charge in [0.15, 0.2) is 5.11 Å². The van der Waals surface area contributed by atoms with Crippen molar-refractivity contribution < 1.29 is 9.34 Å². The molecule has 2 aromatic heterocycles. The number of rotatable bonds is 6. The first-order valence-electron chi connectivity index (χ1n) is 13.7. The Balaban J connectivity index is 1.38. The maximum Gasteiger partial charge on any atom is 0.270 e. The number of hydrogen-bond donors (Lipinski definition) is 1. The van der Waals surface area contributed by atoms with Crippen molar-refractivity contribution in [3.8, 4) is 11.3 Å². The molecule has 1 N–H and O–H groups in total. The third-order valence-electron chi connectivity index (χ3n) is 7.78. The van der Waals surface area contributed by atoms with E-state index in [2.05, 4.69) is 41.2 Å². The van der Waals surface area contributed by atoms with Gasteiger partial charge in [-0.3, -0.25) is 15.1 Å². The summed E-state index contributed by atoms with van der Waals surface area (Å²) < 4.78 is 6.38. The molecule has 6 rings (SSSR count). The molecule has 41 heavy (non-hydrogen) atoms. The maximum atomic E-state index is 11.3. The highest BCUT2D eigenvalue weighted by Crippen LogP contribution is 2.44. The van der Waals surface area contributed by atoms with E-state index in [1.54, 1.807) is 18.3 Å². The molecule has 0 unspecified atom stereocenters. The first kappa shape index (κ1) is 27.2. The first-order chi connectivity index (χ1) is 19.8. The van der Waals surface area contributed by atoms with E-state index in [0.29, 0.717) is 39.1 Å². The second-order valence-electron chi connectivity index (χ2n) is 11.0. The van der Waals surface area contributed by atoms with E-state index in [4.69, 9.17) is 28.2 Å². The van der Waals surface area contributed by atoms with Gasteiger partial charge in [-0.25, -0.2) is 0 Å². The third kappa shape index (κ3) is 5.39. The van der Waals surface area contributed by atoms with E-state index in [9.17, 15) is 10.1 Å². The van der Waals surface area contributed by atoms with Crippen molar-refractivity contribution in [3.63, 3.8) is 0 Å². The lowest BCUT2D eigenvalue weighted by Gasteiger charge is -2.37. The summed E-state index contributed by atoms with van der Waals surface area (Å²) in [4.78, 5) is 19.9. The molecule has 2 aromatic carbocycles. The first-order valence-corrected chi connectivity index (χ1v) is 14.5. The van der Waals surface area contributed by atoms with Crippen molar-refractivity contribution in [1.29, 1.82) is 0 Å². The van der Waals surface area contributed by atoms with Crippen LogP contribution in [-0.4, -0.2) is 28.1 Å². The second kappa shape index (κ2) is 11.1. The summed E-state index contributed by atoms with van der Waals surface area (Å²) in [5.41, 5.74) is 3.30. The van der Waals surface area contributed by atoms with E-state index in [1.807, 2.05) is 41.3 Å². The lowest BCUT2D eigenvalue weighted by atomic mass is 9.91. The average Bonchev–Trinajstić information content (AvgIpc) is 3.57. The van der Waals surface area contributed by atoms with Gasteiger partial charge in [-0.05, 0) is 72.9 Å². The minimum Gasteiger partial charge on any atom is -0.459 e. The highest BCUT2D eigenvalue weighted by molar-refractivity contribution is 7.80. The van der Waals surface area contributed by atoms with Crippen molar-refractivity contribution in [3.05, 3.63) is 106 Å². The highest BCUT2D eigenvalue weighted by Gasteiger charge is 2.43. The molecule has 4 heterocycles. The lowest BCUT2D eigenvalue weighted by molar-refractivity contribution is -0.384. The number of non-ortho nitro benzene ring substituents is 1. The van der Waals surface area contributed by atoms with Crippen LogP contribution in [0.1, 0.15) is 43.8 Å². The summed E-state index contributed by atoms with van der Waals surface area (Å²) in [5, 5.41) is 16.0. The Morgan fingerprint density at radius 2 is 1.85 bits per heavy atom. The van der Waals surface area contributed by atoms with Gasteiger partial charge >= 0.3 is 0 Å². The molecule has 4 atom stereocenters. The molecule has 0 spiro atoms. The number of halogens is 1. The molecule has 0 bridgehead atoms. The number of thiocarbonyl (C=S) groups is 1. The van der Waals surface area contributed by atoms with E-state index >= 15 is 0 Å². The summed E-state index contributed by atoms with van der Waals surface area (Å²) in [7, 11) is 0. The number of nitrogens with one attached hydrogen (secondary N) is 1. The molecule has 210 valence electrons. The number of nitro groups is 1. The Bertz CT molecular complexity index is 1590. The van der Waals surface area contributed by atoms with Crippen molar-refractivity contribution in [2.75, 3.05) is 22.9 Å². The van der Waals surface area contributed by atoms with Crippen LogP contribution in [0.25, 0.3) is 11.3 Å². The molecular formula is C31H30ClN5O3S. The van der Waals surface area contributed by atoms with Crippen LogP contribution in [0.15, 0.2) is 83.4 Å². The normalized spacial score (nSPS) is 22.6. The number of benzene rings is 2. The Hall–Kier alpha value is -3.95. The number of piperidine rings is 1. The third-order valence-corrected chi connectivity index (χ3v) is 8.39. The minimum absolute atomic E-state index is 0.00405. The van der Waals surface area contributed by atoms with Crippen LogP contribution >= 0.6 is 23.8 Å². The molecule has 4 aromatic rings. The summed E-state index contributed by atoms with van der Waals surface area (Å²) in [6, 6.07) is 21.3. The fraction of sp³-hybridized carbons (Fsp3) is 0.290. The van der Waals surface area contributed by atoms with Gasteiger partial charge in [0.05, 0.1) is 27.4 Å². The fourth-order valence-corrected chi connectivity index (χ4v) is 6.76. The van der Waals surface area contributed by atoms with Gasteiger partial charge in [-0.1, -0.05) is 43.6 Å². The smallest absolute Gasteiger partial charge is 0.270 e. The summed E-state index contributed by atoms with van der Waals surface area (Å²) in [6.07, 6.45) is 2.97. The molecule has 2 fully saturated rings. The van der Waals surface area contributed by atoms with Crippen LogP contribution in [-0.2, 0) is 0 Å². The Kier molecular flexibility index (Phi) is 7.40. The van der Waals surface area contributed by atoms with Gasteiger partial charge in [-0.15, -0.1) is 0 Å². The van der Waals surface area contributed by atoms with Crippen LogP contribution in [0.3, 0.4) is 0 Å². The zero-order valence-electron chi connectivity index (χ0n) is 22.7. The number of nitro benzene ring substituents is 1. The van der Waals surface area contributed by atoms with E-state index < -0.39 is 4.92 Å². The zero-order valence-corrected chi connectivity index (χ0v) is 24.3. The van der Waals surface area contributed by atoms with Crippen LogP contribution in [0.5, 0.6) is 0 Å². The molecule has 10 heteroatoms. The van der Waals surface area contributed by atoms with Crippen LogP contribution < -0.4 is 15.1 Å². The fourth-order valence-electron chi connectivity index (χ4n) is 6.12. The van der Waals surface area contributed by atoms with Gasteiger partial charge in [-0.2, -0.15) is 0 Å². The summed E-state index contributed by atoms with van der Waals surface area (Å²) >= 11 is 12.8. The van der Waals surface area contributed by atoms with Crippen molar-refractivity contribution in [2.24, 2.45) is 11.8 Å². The van der Waals surface area contributed by atoms with Crippen molar-refractivity contribution >= 4 is 46.0 Å². The largest absolute Gasteiger partial charge is 0.459 e. The molecule has 8 nitrogen and oxygen atoms in total. The molecule has 2 saturated heterocycles. The molecule has 2 aliphatic heterocycles. The topological polar surface area (TPSA) is 87.7 Å². The van der Waals surface area contributed by atoms with Gasteiger partial charge in [0.1, 0.15) is 17.6 Å².